The molecule has 0 bridgehead atoms. The number of nitrogens with one attached hydrogen (secondary N) is 1. The van der Waals surface area contributed by atoms with Gasteiger partial charge in [-0.1, -0.05) is 12.1 Å². The second-order valence-corrected chi connectivity index (χ2v) is 4.80. The predicted octanol–water partition coefficient (Wildman–Crippen LogP) is 2.46. The number of benzene rings is 1. The minimum Gasteiger partial charge on any atom is -0.506 e. The SMILES string of the molecule is CN(C)Cc1cccc(NCc2ccc(O)cn2)c1. The second-order valence-electron chi connectivity index (χ2n) is 4.80. The zero-order valence-electron chi connectivity index (χ0n) is 11.3. The molecular formula is C15H19N3O. The maximum absolute atomic E-state index is 9.17. The van der Waals surface area contributed by atoms with Crippen LogP contribution in [0.2, 0.25) is 0 Å². The van der Waals surface area contributed by atoms with Crippen LogP contribution in [0, 0.1) is 0 Å². The number of pyridine rings is 1. The van der Waals surface area contributed by atoms with E-state index in [1.165, 1.54) is 11.8 Å². The van der Waals surface area contributed by atoms with E-state index in [1.807, 2.05) is 18.2 Å². The molecule has 4 heteroatoms. The van der Waals surface area contributed by atoms with E-state index in [9.17, 15) is 5.11 Å². The molecular weight excluding hydrogens is 238 g/mol. The quantitative estimate of drug-likeness (QED) is 0.864. The van der Waals surface area contributed by atoms with Crippen LogP contribution in [0.5, 0.6) is 5.75 Å². The van der Waals surface area contributed by atoms with Crippen LogP contribution in [0.3, 0.4) is 0 Å². The topological polar surface area (TPSA) is 48.4 Å². The fraction of sp³-hybridized carbons (Fsp3) is 0.267. The van der Waals surface area contributed by atoms with Gasteiger partial charge in [-0.15, -0.1) is 0 Å². The highest BCUT2D eigenvalue weighted by Crippen LogP contribution is 2.13. The minimum absolute atomic E-state index is 0.191. The number of aromatic hydroxyl groups is 1. The van der Waals surface area contributed by atoms with Crippen molar-refractivity contribution < 1.29 is 5.11 Å². The molecule has 0 spiro atoms. The summed E-state index contributed by atoms with van der Waals surface area (Å²) in [5.74, 6) is 0.191. The van der Waals surface area contributed by atoms with Crippen molar-refractivity contribution in [1.29, 1.82) is 0 Å². The van der Waals surface area contributed by atoms with E-state index in [4.69, 9.17) is 0 Å². The molecule has 0 radical (unpaired) electrons. The van der Waals surface area contributed by atoms with Crippen LogP contribution in [0.15, 0.2) is 42.6 Å². The highest BCUT2D eigenvalue weighted by molar-refractivity contribution is 5.46. The summed E-state index contributed by atoms with van der Waals surface area (Å²) in [6.07, 6.45) is 1.46. The van der Waals surface area contributed by atoms with Gasteiger partial charge in [0.05, 0.1) is 18.4 Å². The molecule has 0 aliphatic carbocycles. The Morgan fingerprint density at radius 3 is 2.74 bits per heavy atom. The third kappa shape index (κ3) is 4.26. The molecule has 4 nitrogen and oxygen atoms in total. The Morgan fingerprint density at radius 1 is 1.21 bits per heavy atom. The van der Waals surface area contributed by atoms with E-state index >= 15 is 0 Å². The Hall–Kier alpha value is -2.07. The zero-order chi connectivity index (χ0) is 13.7. The Balaban J connectivity index is 1.97. The number of aromatic nitrogens is 1. The molecule has 19 heavy (non-hydrogen) atoms. The first-order valence-corrected chi connectivity index (χ1v) is 6.25. The summed E-state index contributed by atoms with van der Waals surface area (Å²) in [6.45, 7) is 1.57. The average Bonchev–Trinajstić information content (AvgIpc) is 2.38. The smallest absolute Gasteiger partial charge is 0.133 e. The minimum atomic E-state index is 0.191. The highest BCUT2D eigenvalue weighted by Gasteiger charge is 1.99. The van der Waals surface area contributed by atoms with Gasteiger partial charge in [-0.25, -0.2) is 0 Å². The Labute approximate surface area is 113 Å². The van der Waals surface area contributed by atoms with Crippen molar-refractivity contribution in [1.82, 2.24) is 9.88 Å². The largest absolute Gasteiger partial charge is 0.506 e. The zero-order valence-corrected chi connectivity index (χ0v) is 11.3. The highest BCUT2D eigenvalue weighted by atomic mass is 16.3. The van der Waals surface area contributed by atoms with Gasteiger partial charge in [0.2, 0.25) is 0 Å². The van der Waals surface area contributed by atoms with Crippen LogP contribution in [-0.2, 0) is 13.1 Å². The Bertz CT molecular complexity index is 523. The molecule has 0 saturated carbocycles. The first-order valence-electron chi connectivity index (χ1n) is 6.25. The summed E-state index contributed by atoms with van der Waals surface area (Å²) in [7, 11) is 4.11. The summed E-state index contributed by atoms with van der Waals surface area (Å²) in [5, 5.41) is 12.5. The van der Waals surface area contributed by atoms with Crippen LogP contribution in [0.4, 0.5) is 5.69 Å². The maximum Gasteiger partial charge on any atom is 0.133 e. The fourth-order valence-corrected chi connectivity index (χ4v) is 1.86. The first kappa shape index (κ1) is 13.4. The number of hydrogen-bond acceptors (Lipinski definition) is 4. The third-order valence-electron chi connectivity index (χ3n) is 2.71. The van der Waals surface area contributed by atoms with Crippen LogP contribution in [-0.4, -0.2) is 29.1 Å². The third-order valence-corrected chi connectivity index (χ3v) is 2.71. The van der Waals surface area contributed by atoms with E-state index in [-0.39, 0.29) is 5.75 Å². The summed E-state index contributed by atoms with van der Waals surface area (Å²) in [6, 6.07) is 11.8. The van der Waals surface area contributed by atoms with Gasteiger partial charge in [0.1, 0.15) is 5.75 Å². The van der Waals surface area contributed by atoms with Crippen LogP contribution in [0.1, 0.15) is 11.3 Å². The molecule has 0 unspecified atom stereocenters. The van der Waals surface area contributed by atoms with Gasteiger partial charge in [-0.3, -0.25) is 4.98 Å². The van der Waals surface area contributed by atoms with E-state index in [0.29, 0.717) is 6.54 Å². The van der Waals surface area contributed by atoms with Crippen LogP contribution < -0.4 is 5.32 Å². The standard InChI is InChI=1S/C15H19N3O/c1-18(2)11-12-4-3-5-13(8-12)16-9-14-6-7-15(19)10-17-14/h3-8,10,16,19H,9,11H2,1-2H3. The fourth-order valence-electron chi connectivity index (χ4n) is 1.86. The summed E-state index contributed by atoms with van der Waals surface area (Å²) in [4.78, 5) is 6.28. The molecule has 0 atom stereocenters. The van der Waals surface area contributed by atoms with Crippen molar-refractivity contribution in [2.75, 3.05) is 19.4 Å². The number of nitrogens with zero attached hydrogens (tertiary/aromatic N) is 2. The van der Waals surface area contributed by atoms with E-state index in [0.717, 1.165) is 17.9 Å². The van der Waals surface area contributed by atoms with Gasteiger partial charge >= 0.3 is 0 Å². The molecule has 2 N–H and O–H groups in total. The molecule has 0 amide bonds. The lowest BCUT2D eigenvalue weighted by Gasteiger charge is -2.12. The molecule has 0 aliphatic heterocycles. The Kier molecular flexibility index (Phi) is 4.36. The normalized spacial score (nSPS) is 10.7. The van der Waals surface area contributed by atoms with Gasteiger partial charge in [0.15, 0.2) is 0 Å². The molecule has 0 saturated heterocycles. The molecule has 0 fully saturated rings. The van der Waals surface area contributed by atoms with Gasteiger partial charge < -0.3 is 15.3 Å². The van der Waals surface area contributed by atoms with Gasteiger partial charge in [0, 0.05) is 12.2 Å². The Morgan fingerprint density at radius 2 is 2.05 bits per heavy atom. The van der Waals surface area contributed by atoms with Crippen LogP contribution >= 0.6 is 0 Å². The molecule has 100 valence electrons. The summed E-state index contributed by atoms with van der Waals surface area (Å²) >= 11 is 0. The molecule has 0 aliphatic rings. The van der Waals surface area contributed by atoms with Crippen molar-refractivity contribution in [3.8, 4) is 5.75 Å². The summed E-state index contributed by atoms with van der Waals surface area (Å²) < 4.78 is 0. The van der Waals surface area contributed by atoms with Crippen molar-refractivity contribution >= 4 is 5.69 Å². The van der Waals surface area contributed by atoms with Crippen molar-refractivity contribution in [3.63, 3.8) is 0 Å². The molecule has 2 aromatic rings. The van der Waals surface area contributed by atoms with Gasteiger partial charge in [-0.05, 0) is 43.9 Å². The van der Waals surface area contributed by atoms with Crippen molar-refractivity contribution in [2.24, 2.45) is 0 Å². The van der Waals surface area contributed by atoms with Gasteiger partial charge in [-0.2, -0.15) is 0 Å². The van der Waals surface area contributed by atoms with Crippen LogP contribution in [0.25, 0.3) is 0 Å². The second kappa shape index (κ2) is 6.20. The monoisotopic (exact) mass is 257 g/mol. The summed E-state index contributed by atoms with van der Waals surface area (Å²) in [5.41, 5.74) is 3.25. The average molecular weight is 257 g/mol. The van der Waals surface area contributed by atoms with E-state index in [2.05, 4.69) is 41.4 Å². The molecule has 1 aromatic carbocycles. The lowest BCUT2D eigenvalue weighted by Crippen LogP contribution is -2.10. The molecule has 1 heterocycles. The van der Waals surface area contributed by atoms with E-state index < -0.39 is 0 Å². The lowest BCUT2D eigenvalue weighted by molar-refractivity contribution is 0.402. The molecule has 1 aromatic heterocycles. The van der Waals surface area contributed by atoms with Crippen molar-refractivity contribution in [2.45, 2.75) is 13.1 Å². The van der Waals surface area contributed by atoms with Gasteiger partial charge in [0.25, 0.3) is 0 Å². The maximum atomic E-state index is 9.17. The van der Waals surface area contributed by atoms with E-state index in [1.54, 1.807) is 6.07 Å². The predicted molar refractivity (Wildman–Crippen MR) is 77.1 cm³/mol. The van der Waals surface area contributed by atoms with Crippen molar-refractivity contribution in [3.05, 3.63) is 53.9 Å². The number of hydrogen-bond donors (Lipinski definition) is 2. The first-order chi connectivity index (χ1) is 9.13. The molecule has 2 rings (SSSR count). The lowest BCUT2D eigenvalue weighted by atomic mass is 10.2. The number of rotatable bonds is 5. The number of anilines is 1.